The Morgan fingerprint density at radius 2 is 1.12 bits per heavy atom. The van der Waals surface area contributed by atoms with E-state index in [4.69, 9.17) is 14.2 Å². The fraction of sp³-hybridized carbons (Fsp3) is 0.300. The van der Waals surface area contributed by atoms with Crippen molar-refractivity contribution in [2.75, 3.05) is 6.61 Å². The third-order valence-electron chi connectivity index (χ3n) is 4.91. The van der Waals surface area contributed by atoms with Crippen molar-refractivity contribution in [2.45, 2.75) is 30.7 Å². The lowest BCUT2D eigenvalue weighted by Gasteiger charge is -2.41. The minimum atomic E-state index is -2.04. The summed E-state index contributed by atoms with van der Waals surface area (Å²) in [6.07, 6.45) is -9.15. The summed E-state index contributed by atoms with van der Waals surface area (Å²) >= 11 is 0. The molecule has 0 spiro atoms. The van der Waals surface area contributed by atoms with Crippen LogP contribution in [0.2, 0.25) is 0 Å². The van der Waals surface area contributed by atoms with E-state index in [2.05, 4.69) is 0 Å². The van der Waals surface area contributed by atoms with Crippen molar-refractivity contribution in [1.82, 2.24) is 0 Å². The molecule has 14 nitrogen and oxygen atoms in total. The van der Waals surface area contributed by atoms with Crippen LogP contribution in [0.15, 0.2) is 24.3 Å². The van der Waals surface area contributed by atoms with E-state index >= 15 is 0 Å². The van der Waals surface area contributed by atoms with Crippen molar-refractivity contribution in [3.63, 3.8) is 0 Å². The molecule has 1 aliphatic rings. The van der Waals surface area contributed by atoms with E-state index in [1.165, 1.54) is 0 Å². The Bertz CT molecular complexity index is 1050. The van der Waals surface area contributed by atoms with Gasteiger partial charge in [0.2, 0.25) is 0 Å². The molecule has 0 aliphatic carbocycles. The van der Waals surface area contributed by atoms with Gasteiger partial charge in [-0.25, -0.2) is 9.59 Å². The number of carbonyl (C=O) groups excluding carboxylic acids is 2. The number of hydrogen-bond donors (Lipinski definition) is 9. The second-order valence-corrected chi connectivity index (χ2v) is 7.20. The van der Waals surface area contributed by atoms with Gasteiger partial charge >= 0.3 is 11.9 Å². The number of rotatable bonds is 5. The van der Waals surface area contributed by atoms with E-state index < -0.39 is 94.9 Å². The number of phenols is 6. The average Bonchev–Trinajstić information content (AvgIpc) is 2.79. The zero-order valence-electron chi connectivity index (χ0n) is 17.0. The minimum Gasteiger partial charge on any atom is -0.504 e. The van der Waals surface area contributed by atoms with Crippen molar-refractivity contribution in [1.29, 1.82) is 0 Å². The van der Waals surface area contributed by atoms with Crippen molar-refractivity contribution >= 4 is 11.9 Å². The fourth-order valence-corrected chi connectivity index (χ4v) is 3.15. The van der Waals surface area contributed by atoms with Gasteiger partial charge in [-0.15, -0.1) is 0 Å². The standard InChI is InChI=1S/C20H20O14/c21-5-12-15(28)16(33-18(29)6-1-8(22)13(26)9(23)2-6)17(20(31)32-12)34-19(30)7-3-10(24)14(27)11(25)4-7/h1-4,12,15-17,20-28,31H,5H2/t12-,15+,16+,17-,20+/m0/s1. The summed E-state index contributed by atoms with van der Waals surface area (Å²) in [4.78, 5) is 25.0. The largest absolute Gasteiger partial charge is 0.504 e. The van der Waals surface area contributed by atoms with Gasteiger partial charge in [-0.1, -0.05) is 0 Å². The molecule has 0 unspecified atom stereocenters. The zero-order chi connectivity index (χ0) is 25.3. The van der Waals surface area contributed by atoms with Crippen molar-refractivity contribution in [3.8, 4) is 34.5 Å². The first kappa shape index (κ1) is 24.7. The molecule has 9 N–H and O–H groups in total. The van der Waals surface area contributed by atoms with Gasteiger partial charge in [0.25, 0.3) is 0 Å². The van der Waals surface area contributed by atoms with Gasteiger partial charge in [0.1, 0.15) is 12.2 Å². The lowest BCUT2D eigenvalue weighted by molar-refractivity contribution is -0.285. The summed E-state index contributed by atoms with van der Waals surface area (Å²) in [7, 11) is 0. The van der Waals surface area contributed by atoms with Crippen molar-refractivity contribution < 1.29 is 69.8 Å². The van der Waals surface area contributed by atoms with E-state index in [0.29, 0.717) is 0 Å². The lowest BCUT2D eigenvalue weighted by atomic mass is 9.98. The average molecular weight is 484 g/mol. The Hall–Kier alpha value is -3.98. The molecule has 0 bridgehead atoms. The predicted octanol–water partition coefficient (Wildman–Crippen LogP) is -1.26. The maximum Gasteiger partial charge on any atom is 0.339 e. The van der Waals surface area contributed by atoms with Crippen molar-refractivity contribution in [2.24, 2.45) is 0 Å². The molecular formula is C20H20O14. The first-order chi connectivity index (χ1) is 15.9. The van der Waals surface area contributed by atoms with E-state index in [-0.39, 0.29) is 0 Å². The van der Waals surface area contributed by atoms with Crippen LogP contribution >= 0.6 is 0 Å². The third kappa shape index (κ3) is 4.69. The van der Waals surface area contributed by atoms with Crippen molar-refractivity contribution in [3.05, 3.63) is 35.4 Å². The van der Waals surface area contributed by atoms with Crippen LogP contribution < -0.4 is 0 Å². The Morgan fingerprint density at radius 3 is 1.50 bits per heavy atom. The lowest BCUT2D eigenvalue weighted by Crippen LogP contribution is -2.61. The highest BCUT2D eigenvalue weighted by Gasteiger charge is 2.49. The molecule has 5 atom stereocenters. The Labute approximate surface area is 189 Å². The van der Waals surface area contributed by atoms with Crippen LogP contribution in [0.25, 0.3) is 0 Å². The quantitative estimate of drug-likeness (QED) is 0.178. The molecule has 1 fully saturated rings. The molecule has 34 heavy (non-hydrogen) atoms. The third-order valence-corrected chi connectivity index (χ3v) is 4.91. The Morgan fingerprint density at radius 1 is 0.735 bits per heavy atom. The number of aliphatic hydroxyl groups excluding tert-OH is 3. The molecule has 0 saturated carbocycles. The van der Waals surface area contributed by atoms with Crippen LogP contribution in [0, 0.1) is 0 Å². The number of hydrogen-bond acceptors (Lipinski definition) is 14. The number of ether oxygens (including phenoxy) is 3. The van der Waals surface area contributed by atoms with E-state index in [1.807, 2.05) is 0 Å². The van der Waals surface area contributed by atoms with Gasteiger partial charge in [0.05, 0.1) is 17.7 Å². The molecule has 1 saturated heterocycles. The second-order valence-electron chi connectivity index (χ2n) is 7.20. The van der Waals surface area contributed by atoms with Crippen LogP contribution in [-0.4, -0.2) is 95.2 Å². The van der Waals surface area contributed by atoms with E-state index in [9.17, 15) is 55.5 Å². The van der Waals surface area contributed by atoms with E-state index in [0.717, 1.165) is 24.3 Å². The van der Waals surface area contributed by atoms with Gasteiger partial charge in [-0.2, -0.15) is 0 Å². The van der Waals surface area contributed by atoms with Gasteiger partial charge in [-0.3, -0.25) is 0 Å². The van der Waals surface area contributed by atoms with Crippen LogP contribution in [0.5, 0.6) is 34.5 Å². The molecule has 2 aromatic rings. The topological polar surface area (TPSA) is 244 Å². The highest BCUT2D eigenvalue weighted by atomic mass is 16.7. The molecular weight excluding hydrogens is 464 g/mol. The number of aromatic hydroxyl groups is 6. The predicted molar refractivity (Wildman–Crippen MR) is 105 cm³/mol. The normalized spacial score (nSPS) is 24.4. The molecule has 184 valence electrons. The summed E-state index contributed by atoms with van der Waals surface area (Å²) < 4.78 is 15.1. The van der Waals surface area contributed by atoms with E-state index in [1.54, 1.807) is 0 Å². The molecule has 2 aromatic carbocycles. The maximum absolute atomic E-state index is 12.5. The van der Waals surface area contributed by atoms with Gasteiger partial charge < -0.3 is 60.2 Å². The second kappa shape index (κ2) is 9.48. The first-order valence-corrected chi connectivity index (χ1v) is 9.48. The number of esters is 2. The SMILES string of the molecule is O=C(O[C@@H]1[C@H](O)[C@H](CO)O[C@@H](O)[C@H]1OC(=O)c1cc(O)c(O)c(O)c1)c1cc(O)c(O)c(O)c1. The van der Waals surface area contributed by atoms with Gasteiger partial charge in [0, 0.05) is 0 Å². The Balaban J connectivity index is 1.89. The molecule has 1 aliphatic heterocycles. The van der Waals surface area contributed by atoms with Gasteiger partial charge in [0.15, 0.2) is 53.0 Å². The minimum absolute atomic E-state index is 0.500. The smallest absolute Gasteiger partial charge is 0.339 e. The summed E-state index contributed by atoms with van der Waals surface area (Å²) in [5.41, 5.74) is -1.00. The highest BCUT2D eigenvalue weighted by molar-refractivity contribution is 5.92. The molecule has 0 radical (unpaired) electrons. The highest BCUT2D eigenvalue weighted by Crippen LogP contribution is 2.37. The number of aliphatic hydroxyl groups is 3. The zero-order valence-corrected chi connectivity index (χ0v) is 17.0. The summed E-state index contributed by atoms with van der Waals surface area (Å²) in [6, 6.07) is 2.91. The van der Waals surface area contributed by atoms with Crippen LogP contribution in [-0.2, 0) is 14.2 Å². The monoisotopic (exact) mass is 484 g/mol. The number of carbonyl (C=O) groups is 2. The fourth-order valence-electron chi connectivity index (χ4n) is 3.15. The summed E-state index contributed by atoms with van der Waals surface area (Å²) in [6.45, 7) is -0.840. The Kier molecular flexibility index (Phi) is 6.88. The van der Waals surface area contributed by atoms with Gasteiger partial charge in [-0.05, 0) is 24.3 Å². The molecule has 14 heteroatoms. The first-order valence-electron chi connectivity index (χ1n) is 9.48. The summed E-state index contributed by atoms with van der Waals surface area (Å²) in [5.74, 6) is -7.93. The molecule has 1 heterocycles. The molecule has 0 amide bonds. The van der Waals surface area contributed by atoms with Crippen LogP contribution in [0.1, 0.15) is 20.7 Å². The number of phenolic OH excluding ortho intramolecular Hbond substituents is 6. The number of benzene rings is 2. The summed E-state index contributed by atoms with van der Waals surface area (Å²) in [5, 5.41) is 87.2. The van der Waals surface area contributed by atoms with Crippen LogP contribution in [0.4, 0.5) is 0 Å². The molecule has 0 aromatic heterocycles. The molecule has 3 rings (SSSR count). The van der Waals surface area contributed by atoms with Crippen LogP contribution in [0.3, 0.4) is 0 Å². The maximum atomic E-state index is 12.5.